The number of hydrogen-bond donors (Lipinski definition) is 1. The first kappa shape index (κ1) is 21.9. The van der Waals surface area contributed by atoms with Gasteiger partial charge in [-0.2, -0.15) is 0 Å². The number of nitrogens with zero attached hydrogens (tertiary/aromatic N) is 1. The molecule has 0 radical (unpaired) electrons. The Bertz CT molecular complexity index is 855. The molecule has 2 aromatic rings. The number of ether oxygens (including phenoxy) is 3. The van der Waals surface area contributed by atoms with Crippen LogP contribution in [0.3, 0.4) is 0 Å². The van der Waals surface area contributed by atoms with Gasteiger partial charge in [-0.05, 0) is 43.7 Å². The molecule has 1 fully saturated rings. The number of carbonyl (C=O) groups is 1. The molecule has 1 unspecified atom stereocenters. The van der Waals surface area contributed by atoms with Gasteiger partial charge < -0.3 is 23.9 Å². The highest BCUT2D eigenvalue weighted by Crippen LogP contribution is 2.28. The van der Waals surface area contributed by atoms with Gasteiger partial charge in [0.1, 0.15) is 11.5 Å². The molecule has 7 nitrogen and oxygen atoms in total. The number of allylic oxidation sites excluding steroid dienone is 1. The Hall–Kier alpha value is -2.77. The van der Waals surface area contributed by atoms with Gasteiger partial charge in [-0.25, -0.2) is 0 Å². The van der Waals surface area contributed by atoms with E-state index in [1.807, 2.05) is 56.3 Å². The van der Waals surface area contributed by atoms with E-state index < -0.39 is 0 Å². The van der Waals surface area contributed by atoms with E-state index in [2.05, 4.69) is 10.2 Å². The van der Waals surface area contributed by atoms with Crippen molar-refractivity contribution in [3.05, 3.63) is 53.5 Å². The SMILES string of the molecule is C/C=C/c1ccc(OCC(=O)NCC(c2ccc(C)o2)N2CCOCC2)c(OC)c1. The molecular formula is C23H30N2O5. The molecule has 1 saturated heterocycles. The molecular weight excluding hydrogens is 384 g/mol. The van der Waals surface area contributed by atoms with Crippen molar-refractivity contribution < 1.29 is 23.4 Å². The van der Waals surface area contributed by atoms with Crippen LogP contribution >= 0.6 is 0 Å². The molecule has 1 aromatic carbocycles. The molecule has 3 rings (SSSR count). The Morgan fingerprint density at radius 1 is 1.23 bits per heavy atom. The number of amides is 1. The second kappa shape index (κ2) is 10.8. The summed E-state index contributed by atoms with van der Waals surface area (Å²) in [5, 5.41) is 2.97. The predicted octanol–water partition coefficient (Wildman–Crippen LogP) is 3.20. The standard InChI is InChI=1S/C23H30N2O5/c1-4-5-18-7-9-21(22(14-18)27-3)29-16-23(26)24-15-19(20-8-6-17(2)30-20)25-10-12-28-13-11-25/h4-9,14,19H,10-13,15-16H2,1-3H3,(H,24,26)/b5-4+. The first-order chi connectivity index (χ1) is 14.6. The molecule has 30 heavy (non-hydrogen) atoms. The normalized spacial score (nSPS) is 15.8. The molecule has 1 aliphatic rings. The summed E-state index contributed by atoms with van der Waals surface area (Å²) in [6.07, 6.45) is 3.93. The number of carbonyl (C=O) groups excluding carboxylic acids is 1. The first-order valence-electron chi connectivity index (χ1n) is 10.2. The highest BCUT2D eigenvalue weighted by atomic mass is 16.5. The van der Waals surface area contributed by atoms with Crippen LogP contribution in [0.4, 0.5) is 0 Å². The lowest BCUT2D eigenvalue weighted by Crippen LogP contribution is -2.44. The van der Waals surface area contributed by atoms with E-state index in [1.165, 1.54) is 0 Å². The molecule has 2 heterocycles. The number of methoxy groups -OCH3 is 1. The van der Waals surface area contributed by atoms with Crippen LogP contribution in [0.2, 0.25) is 0 Å². The Morgan fingerprint density at radius 3 is 2.70 bits per heavy atom. The number of furan rings is 1. The van der Waals surface area contributed by atoms with Gasteiger partial charge in [0.15, 0.2) is 18.1 Å². The van der Waals surface area contributed by atoms with E-state index >= 15 is 0 Å². The molecule has 0 aliphatic carbocycles. The zero-order valence-electron chi connectivity index (χ0n) is 17.8. The van der Waals surface area contributed by atoms with Crippen molar-refractivity contribution in [2.75, 3.05) is 46.6 Å². The maximum atomic E-state index is 12.4. The lowest BCUT2D eigenvalue weighted by molar-refractivity contribution is -0.123. The monoisotopic (exact) mass is 414 g/mol. The molecule has 0 saturated carbocycles. The largest absolute Gasteiger partial charge is 0.493 e. The molecule has 0 bridgehead atoms. The van der Waals surface area contributed by atoms with Gasteiger partial charge in [0, 0.05) is 19.6 Å². The second-order valence-electron chi connectivity index (χ2n) is 7.12. The maximum absolute atomic E-state index is 12.4. The van der Waals surface area contributed by atoms with Crippen molar-refractivity contribution >= 4 is 12.0 Å². The summed E-state index contributed by atoms with van der Waals surface area (Å²) in [6.45, 7) is 7.17. The van der Waals surface area contributed by atoms with Gasteiger partial charge in [0.2, 0.25) is 0 Å². The summed E-state index contributed by atoms with van der Waals surface area (Å²) in [6, 6.07) is 9.47. The Kier molecular flexibility index (Phi) is 7.93. The smallest absolute Gasteiger partial charge is 0.258 e. The maximum Gasteiger partial charge on any atom is 0.258 e. The molecule has 1 amide bonds. The summed E-state index contributed by atoms with van der Waals surface area (Å²) >= 11 is 0. The minimum Gasteiger partial charge on any atom is -0.493 e. The van der Waals surface area contributed by atoms with Gasteiger partial charge in [-0.3, -0.25) is 9.69 Å². The van der Waals surface area contributed by atoms with Crippen LogP contribution in [0.15, 0.2) is 40.8 Å². The lowest BCUT2D eigenvalue weighted by Gasteiger charge is -2.33. The number of benzene rings is 1. The molecule has 1 aromatic heterocycles. The van der Waals surface area contributed by atoms with Crippen molar-refractivity contribution in [1.82, 2.24) is 10.2 Å². The lowest BCUT2D eigenvalue weighted by atomic mass is 10.1. The van der Waals surface area contributed by atoms with Crippen LogP contribution in [0.5, 0.6) is 11.5 Å². The van der Waals surface area contributed by atoms with Crippen LogP contribution in [0, 0.1) is 6.92 Å². The first-order valence-corrected chi connectivity index (χ1v) is 10.2. The van der Waals surface area contributed by atoms with E-state index in [4.69, 9.17) is 18.6 Å². The molecule has 162 valence electrons. The number of morpholine rings is 1. The number of rotatable bonds is 9. The average Bonchev–Trinajstić information content (AvgIpc) is 3.19. The third-order valence-corrected chi connectivity index (χ3v) is 4.97. The van der Waals surface area contributed by atoms with Gasteiger partial charge >= 0.3 is 0 Å². The van der Waals surface area contributed by atoms with Crippen molar-refractivity contribution in [1.29, 1.82) is 0 Å². The predicted molar refractivity (Wildman–Crippen MR) is 115 cm³/mol. The van der Waals surface area contributed by atoms with Crippen molar-refractivity contribution in [2.24, 2.45) is 0 Å². The fourth-order valence-corrected chi connectivity index (χ4v) is 3.44. The highest BCUT2D eigenvalue weighted by molar-refractivity contribution is 5.77. The van der Waals surface area contributed by atoms with Gasteiger partial charge in [0.25, 0.3) is 5.91 Å². The van der Waals surface area contributed by atoms with Gasteiger partial charge in [-0.15, -0.1) is 0 Å². The Balaban J connectivity index is 1.58. The van der Waals surface area contributed by atoms with Gasteiger partial charge in [-0.1, -0.05) is 18.2 Å². The fraction of sp³-hybridized carbons (Fsp3) is 0.435. The van der Waals surface area contributed by atoms with E-state index in [1.54, 1.807) is 7.11 Å². The molecule has 1 N–H and O–H groups in total. The highest BCUT2D eigenvalue weighted by Gasteiger charge is 2.25. The van der Waals surface area contributed by atoms with Crippen LogP contribution in [0.1, 0.15) is 30.0 Å². The topological polar surface area (TPSA) is 73.2 Å². The van der Waals surface area contributed by atoms with E-state index in [0.29, 0.717) is 31.3 Å². The fourth-order valence-electron chi connectivity index (χ4n) is 3.44. The summed E-state index contributed by atoms with van der Waals surface area (Å²) in [5.41, 5.74) is 1.01. The van der Waals surface area contributed by atoms with Crippen LogP contribution < -0.4 is 14.8 Å². The number of nitrogens with one attached hydrogen (secondary N) is 1. The molecule has 1 aliphatic heterocycles. The summed E-state index contributed by atoms with van der Waals surface area (Å²) in [5.74, 6) is 2.63. The van der Waals surface area contributed by atoms with Crippen molar-refractivity contribution in [2.45, 2.75) is 19.9 Å². The Labute approximate surface area is 177 Å². The zero-order chi connectivity index (χ0) is 21.3. The van der Waals surface area contributed by atoms with E-state index in [0.717, 1.165) is 30.2 Å². The zero-order valence-corrected chi connectivity index (χ0v) is 17.8. The van der Waals surface area contributed by atoms with Crippen molar-refractivity contribution in [3.8, 4) is 11.5 Å². The van der Waals surface area contributed by atoms with Crippen LogP contribution in [-0.4, -0.2) is 57.4 Å². The molecule has 1 atom stereocenters. The summed E-state index contributed by atoms with van der Waals surface area (Å²) < 4.78 is 22.4. The average molecular weight is 415 g/mol. The summed E-state index contributed by atoms with van der Waals surface area (Å²) in [4.78, 5) is 14.7. The van der Waals surface area contributed by atoms with Gasteiger partial charge in [0.05, 0.1) is 26.4 Å². The molecule has 7 heteroatoms. The number of aryl methyl sites for hydroxylation is 1. The Morgan fingerprint density at radius 2 is 2.03 bits per heavy atom. The number of hydrogen-bond acceptors (Lipinski definition) is 6. The van der Waals surface area contributed by atoms with E-state index in [-0.39, 0.29) is 18.6 Å². The minimum atomic E-state index is -0.198. The third-order valence-electron chi connectivity index (χ3n) is 4.97. The summed E-state index contributed by atoms with van der Waals surface area (Å²) in [7, 11) is 1.58. The minimum absolute atomic E-state index is 0.0406. The quantitative estimate of drug-likeness (QED) is 0.679. The second-order valence-corrected chi connectivity index (χ2v) is 7.12. The van der Waals surface area contributed by atoms with Crippen molar-refractivity contribution in [3.63, 3.8) is 0 Å². The van der Waals surface area contributed by atoms with Crippen LogP contribution in [0.25, 0.3) is 6.08 Å². The van der Waals surface area contributed by atoms with E-state index in [9.17, 15) is 4.79 Å². The van der Waals surface area contributed by atoms with Crippen LogP contribution in [-0.2, 0) is 9.53 Å². The third kappa shape index (κ3) is 5.87. The molecule has 0 spiro atoms.